The molecule has 2 rings (SSSR count). The summed E-state index contributed by atoms with van der Waals surface area (Å²) in [5.41, 5.74) is 1.15. The Morgan fingerprint density at radius 3 is 2.40 bits per heavy atom. The summed E-state index contributed by atoms with van der Waals surface area (Å²) >= 11 is 0. The fraction of sp³-hybridized carbons (Fsp3) is 0.636. The van der Waals surface area contributed by atoms with Crippen LogP contribution < -0.4 is 4.90 Å². The molecule has 0 radical (unpaired) electrons. The van der Waals surface area contributed by atoms with Crippen LogP contribution in [0.2, 0.25) is 0 Å². The van der Waals surface area contributed by atoms with Gasteiger partial charge in [0.15, 0.2) is 0 Å². The van der Waals surface area contributed by atoms with Crippen molar-refractivity contribution in [1.29, 1.82) is 0 Å². The van der Waals surface area contributed by atoms with Crippen LogP contribution in [0, 0.1) is 0 Å². The Hall–Kier alpha value is -1.16. The summed E-state index contributed by atoms with van der Waals surface area (Å²) in [5, 5.41) is 0. The van der Waals surface area contributed by atoms with Crippen LogP contribution in [0.25, 0.3) is 0 Å². The summed E-state index contributed by atoms with van der Waals surface area (Å²) in [5.74, 6) is 0. The fourth-order valence-electron chi connectivity index (χ4n) is 2.00. The molecule has 0 aliphatic carbocycles. The van der Waals surface area contributed by atoms with Gasteiger partial charge in [-0.15, -0.1) is 0 Å². The maximum absolute atomic E-state index is 4.05. The van der Waals surface area contributed by atoms with Crippen molar-refractivity contribution in [1.82, 2.24) is 14.9 Å². The van der Waals surface area contributed by atoms with Gasteiger partial charge in [0.2, 0.25) is 0 Å². The van der Waals surface area contributed by atoms with Crippen molar-refractivity contribution in [3.8, 4) is 0 Å². The Labute approximate surface area is 90.9 Å². The molecule has 0 aromatic carbocycles. The fourth-order valence-corrected chi connectivity index (χ4v) is 2.00. The van der Waals surface area contributed by atoms with E-state index in [-0.39, 0.29) is 0 Å². The second kappa shape index (κ2) is 5.07. The largest absolute Gasteiger partial charge is 0.366 e. The number of hydrogen-bond acceptors (Lipinski definition) is 4. The first-order chi connectivity index (χ1) is 7.40. The minimum absolute atomic E-state index is 1.09. The first-order valence-electron chi connectivity index (χ1n) is 5.62. The first kappa shape index (κ1) is 10.4. The van der Waals surface area contributed by atoms with Crippen LogP contribution in [-0.4, -0.2) is 47.6 Å². The average molecular weight is 206 g/mol. The molecule has 0 bridgehead atoms. The molecule has 0 saturated carbocycles. The molecule has 0 N–H and O–H groups in total. The molecular weight excluding hydrogens is 188 g/mol. The quantitative estimate of drug-likeness (QED) is 0.739. The van der Waals surface area contributed by atoms with Gasteiger partial charge < -0.3 is 4.90 Å². The molecule has 1 aromatic rings. The number of rotatable bonds is 3. The van der Waals surface area contributed by atoms with E-state index in [4.69, 9.17) is 0 Å². The average Bonchev–Trinajstić information content (AvgIpc) is 2.32. The second-order valence-electron chi connectivity index (χ2n) is 3.93. The Morgan fingerprint density at radius 1 is 1.13 bits per heavy atom. The third kappa shape index (κ3) is 2.65. The van der Waals surface area contributed by atoms with E-state index in [0.717, 1.165) is 31.9 Å². The number of hydrogen-bond donors (Lipinski definition) is 0. The molecular formula is C11H18N4. The van der Waals surface area contributed by atoms with Crippen LogP contribution >= 0.6 is 0 Å². The summed E-state index contributed by atoms with van der Waals surface area (Å²) in [6.45, 7) is 7.95. The second-order valence-corrected chi connectivity index (χ2v) is 3.93. The molecule has 1 aliphatic heterocycles. The van der Waals surface area contributed by atoms with E-state index < -0.39 is 0 Å². The maximum atomic E-state index is 4.05. The summed E-state index contributed by atoms with van der Waals surface area (Å²) in [4.78, 5) is 13.0. The van der Waals surface area contributed by atoms with Gasteiger partial charge in [0.1, 0.15) is 6.33 Å². The molecule has 4 heteroatoms. The minimum Gasteiger partial charge on any atom is -0.366 e. The zero-order valence-corrected chi connectivity index (χ0v) is 9.26. The van der Waals surface area contributed by atoms with Crippen molar-refractivity contribution < 1.29 is 0 Å². The Morgan fingerprint density at radius 2 is 1.80 bits per heavy atom. The molecule has 0 unspecified atom stereocenters. The number of anilines is 1. The molecule has 2 heterocycles. The Bertz CT molecular complexity index is 280. The van der Waals surface area contributed by atoms with Crippen LogP contribution in [0.15, 0.2) is 18.7 Å². The van der Waals surface area contributed by atoms with Crippen LogP contribution in [0.4, 0.5) is 5.69 Å². The maximum Gasteiger partial charge on any atom is 0.115 e. The van der Waals surface area contributed by atoms with Gasteiger partial charge in [-0.05, 0) is 13.0 Å². The Kier molecular flexibility index (Phi) is 3.50. The van der Waals surface area contributed by atoms with Gasteiger partial charge in [0, 0.05) is 26.2 Å². The highest BCUT2D eigenvalue weighted by molar-refractivity contribution is 5.41. The predicted octanol–water partition coefficient (Wildman–Crippen LogP) is 1.01. The predicted molar refractivity (Wildman–Crippen MR) is 61.0 cm³/mol. The van der Waals surface area contributed by atoms with Gasteiger partial charge in [-0.1, -0.05) is 6.92 Å². The van der Waals surface area contributed by atoms with E-state index >= 15 is 0 Å². The van der Waals surface area contributed by atoms with Crippen molar-refractivity contribution in [3.63, 3.8) is 0 Å². The highest BCUT2D eigenvalue weighted by Crippen LogP contribution is 2.13. The molecule has 1 saturated heterocycles. The molecule has 1 aliphatic rings. The first-order valence-corrected chi connectivity index (χ1v) is 5.62. The normalized spacial score (nSPS) is 18.1. The third-order valence-corrected chi connectivity index (χ3v) is 2.82. The van der Waals surface area contributed by atoms with Crippen molar-refractivity contribution in [2.75, 3.05) is 37.6 Å². The molecule has 15 heavy (non-hydrogen) atoms. The van der Waals surface area contributed by atoms with Gasteiger partial charge in [0.05, 0.1) is 18.1 Å². The van der Waals surface area contributed by atoms with E-state index in [9.17, 15) is 0 Å². The minimum atomic E-state index is 1.09. The van der Waals surface area contributed by atoms with Gasteiger partial charge in [-0.3, -0.25) is 4.90 Å². The lowest BCUT2D eigenvalue weighted by molar-refractivity contribution is 0.258. The van der Waals surface area contributed by atoms with Crippen molar-refractivity contribution in [2.24, 2.45) is 0 Å². The van der Waals surface area contributed by atoms with Crippen molar-refractivity contribution >= 4 is 5.69 Å². The Balaban J connectivity index is 1.88. The summed E-state index contributed by atoms with van der Waals surface area (Å²) in [7, 11) is 0. The highest BCUT2D eigenvalue weighted by atomic mass is 15.3. The summed E-state index contributed by atoms with van der Waals surface area (Å²) in [6.07, 6.45) is 6.61. The van der Waals surface area contributed by atoms with Gasteiger partial charge >= 0.3 is 0 Å². The van der Waals surface area contributed by atoms with E-state index in [1.807, 2.05) is 12.4 Å². The number of piperazine rings is 1. The van der Waals surface area contributed by atoms with E-state index in [1.165, 1.54) is 13.0 Å². The molecule has 82 valence electrons. The van der Waals surface area contributed by atoms with E-state index in [0.29, 0.717) is 0 Å². The third-order valence-electron chi connectivity index (χ3n) is 2.82. The number of aromatic nitrogens is 2. The molecule has 1 aromatic heterocycles. The zero-order valence-electron chi connectivity index (χ0n) is 9.26. The standard InChI is InChI=1S/C11H18N4/c1-2-3-14-4-6-15(7-5-14)11-8-12-10-13-9-11/h8-10H,2-7H2,1H3. The van der Waals surface area contributed by atoms with E-state index in [1.54, 1.807) is 6.33 Å². The zero-order chi connectivity index (χ0) is 10.5. The monoisotopic (exact) mass is 206 g/mol. The van der Waals surface area contributed by atoms with Gasteiger partial charge in [0.25, 0.3) is 0 Å². The lowest BCUT2D eigenvalue weighted by atomic mass is 10.3. The number of nitrogens with zero attached hydrogens (tertiary/aromatic N) is 4. The lowest BCUT2D eigenvalue weighted by Crippen LogP contribution is -2.46. The van der Waals surface area contributed by atoms with Crippen LogP contribution in [0.3, 0.4) is 0 Å². The SMILES string of the molecule is CCCN1CCN(c2cncnc2)CC1. The highest BCUT2D eigenvalue weighted by Gasteiger charge is 2.16. The van der Waals surface area contributed by atoms with Crippen LogP contribution in [0.5, 0.6) is 0 Å². The topological polar surface area (TPSA) is 32.3 Å². The van der Waals surface area contributed by atoms with Crippen molar-refractivity contribution in [3.05, 3.63) is 18.7 Å². The van der Waals surface area contributed by atoms with Gasteiger partial charge in [-0.2, -0.15) is 0 Å². The van der Waals surface area contributed by atoms with E-state index in [2.05, 4.69) is 26.7 Å². The lowest BCUT2D eigenvalue weighted by Gasteiger charge is -2.35. The summed E-state index contributed by atoms with van der Waals surface area (Å²) in [6, 6.07) is 0. The van der Waals surface area contributed by atoms with Crippen LogP contribution in [-0.2, 0) is 0 Å². The van der Waals surface area contributed by atoms with Crippen LogP contribution in [0.1, 0.15) is 13.3 Å². The summed E-state index contributed by atoms with van der Waals surface area (Å²) < 4.78 is 0. The molecule has 1 fully saturated rings. The van der Waals surface area contributed by atoms with Crippen molar-refractivity contribution in [2.45, 2.75) is 13.3 Å². The molecule has 0 atom stereocenters. The smallest absolute Gasteiger partial charge is 0.115 e. The molecule has 0 amide bonds. The van der Waals surface area contributed by atoms with Gasteiger partial charge in [-0.25, -0.2) is 9.97 Å². The molecule has 0 spiro atoms. The molecule has 4 nitrogen and oxygen atoms in total.